The second kappa shape index (κ2) is 11.5. The molecule has 194 valence electrons. The van der Waals surface area contributed by atoms with Crippen molar-refractivity contribution in [3.63, 3.8) is 0 Å². The molecule has 2 amide bonds. The van der Waals surface area contributed by atoms with Crippen LogP contribution < -0.4 is 10.6 Å². The standard InChI is InChI=1S/C25H34FN5O2.2ClH/c1-15-13-27-8-5-17(15)14-31-9-6-16(7-10-31)19-12-22-20(11-21(19)26)24(29-30(22)2)18-3-4-23(32)28-25(18)33;;/h11-12,15-18,27H,3-10,13-14H2,1-2H3,(H,28,32,33);2*1H/t15-,17-,18?;;/m0../s1. The van der Waals surface area contributed by atoms with Gasteiger partial charge in [0.25, 0.3) is 0 Å². The lowest BCUT2D eigenvalue weighted by atomic mass is 9.85. The van der Waals surface area contributed by atoms with Crippen molar-refractivity contribution in [1.29, 1.82) is 0 Å². The van der Waals surface area contributed by atoms with E-state index in [0.717, 1.165) is 62.6 Å². The zero-order chi connectivity index (χ0) is 23.1. The largest absolute Gasteiger partial charge is 0.316 e. The van der Waals surface area contributed by atoms with Gasteiger partial charge in [-0.05, 0) is 87.3 Å². The Morgan fingerprint density at radius 3 is 2.54 bits per heavy atom. The Morgan fingerprint density at radius 1 is 1.11 bits per heavy atom. The first-order chi connectivity index (χ1) is 15.9. The summed E-state index contributed by atoms with van der Waals surface area (Å²) in [5, 5.41) is 11.1. The molecule has 3 saturated heterocycles. The maximum atomic E-state index is 15.3. The minimum absolute atomic E-state index is 0. The first-order valence-corrected chi connectivity index (χ1v) is 12.3. The maximum absolute atomic E-state index is 15.3. The second-order valence-corrected chi connectivity index (χ2v) is 10.2. The molecule has 3 atom stereocenters. The summed E-state index contributed by atoms with van der Waals surface area (Å²) in [4.78, 5) is 26.4. The molecule has 2 N–H and O–H groups in total. The van der Waals surface area contributed by atoms with Crippen molar-refractivity contribution in [3.05, 3.63) is 29.2 Å². The molecular formula is C25H36Cl2FN5O2. The zero-order valence-electron chi connectivity index (χ0n) is 20.4. The number of hydrogen-bond acceptors (Lipinski definition) is 5. The predicted molar refractivity (Wildman–Crippen MR) is 139 cm³/mol. The number of fused-ring (bicyclic) bond motifs is 1. The number of piperidine rings is 3. The van der Waals surface area contributed by atoms with Crippen molar-refractivity contribution in [2.75, 3.05) is 32.7 Å². The highest BCUT2D eigenvalue weighted by atomic mass is 35.5. The number of carbonyl (C=O) groups excluding carboxylic acids is 2. The van der Waals surface area contributed by atoms with E-state index in [1.165, 1.54) is 6.42 Å². The van der Waals surface area contributed by atoms with Crippen molar-refractivity contribution >= 4 is 47.5 Å². The number of nitrogens with one attached hydrogen (secondary N) is 2. The molecule has 3 aliphatic rings. The van der Waals surface area contributed by atoms with E-state index in [4.69, 9.17) is 0 Å². The number of aryl methyl sites for hydroxylation is 1. The summed E-state index contributed by atoms with van der Waals surface area (Å²) in [6.07, 6.45) is 3.85. The van der Waals surface area contributed by atoms with Crippen LogP contribution in [0.1, 0.15) is 62.1 Å². The minimum atomic E-state index is -0.516. The number of nitrogens with zero attached hydrogens (tertiary/aromatic N) is 3. The van der Waals surface area contributed by atoms with Crippen LogP contribution in [0, 0.1) is 17.7 Å². The molecule has 2 aromatic rings. The van der Waals surface area contributed by atoms with Crippen LogP contribution in [-0.2, 0) is 16.6 Å². The molecule has 5 rings (SSSR count). The summed E-state index contributed by atoms with van der Waals surface area (Å²) in [6, 6.07) is 3.49. The van der Waals surface area contributed by atoms with E-state index in [0.29, 0.717) is 23.4 Å². The molecule has 0 aliphatic carbocycles. The van der Waals surface area contributed by atoms with Gasteiger partial charge in [-0.2, -0.15) is 5.10 Å². The smallest absolute Gasteiger partial charge is 0.235 e. The summed E-state index contributed by atoms with van der Waals surface area (Å²) >= 11 is 0. The number of imide groups is 1. The van der Waals surface area contributed by atoms with Gasteiger partial charge in [-0.1, -0.05) is 6.92 Å². The topological polar surface area (TPSA) is 79.3 Å². The highest BCUT2D eigenvalue weighted by Gasteiger charge is 2.33. The molecule has 4 heterocycles. The Balaban J connectivity index is 0.00000171. The van der Waals surface area contributed by atoms with E-state index in [1.807, 2.05) is 13.1 Å². The fourth-order valence-electron chi connectivity index (χ4n) is 5.94. The van der Waals surface area contributed by atoms with Crippen LogP contribution in [0.2, 0.25) is 0 Å². The lowest BCUT2D eigenvalue weighted by Crippen LogP contribution is -2.43. The summed E-state index contributed by atoms with van der Waals surface area (Å²) in [5.41, 5.74) is 2.17. The monoisotopic (exact) mass is 527 g/mol. The van der Waals surface area contributed by atoms with Crippen molar-refractivity contribution in [2.45, 2.75) is 50.9 Å². The van der Waals surface area contributed by atoms with Gasteiger partial charge in [0.2, 0.25) is 11.8 Å². The quantitative estimate of drug-likeness (QED) is 0.594. The van der Waals surface area contributed by atoms with Crippen LogP contribution in [-0.4, -0.2) is 59.2 Å². The van der Waals surface area contributed by atoms with Crippen LogP contribution in [0.15, 0.2) is 12.1 Å². The van der Waals surface area contributed by atoms with Gasteiger partial charge in [-0.15, -0.1) is 24.8 Å². The lowest BCUT2D eigenvalue weighted by molar-refractivity contribution is -0.134. The number of aromatic nitrogens is 2. The average Bonchev–Trinajstić information content (AvgIpc) is 3.10. The molecule has 0 bridgehead atoms. The van der Waals surface area contributed by atoms with Crippen LogP contribution in [0.3, 0.4) is 0 Å². The Morgan fingerprint density at radius 2 is 1.86 bits per heavy atom. The third kappa shape index (κ3) is 5.66. The van der Waals surface area contributed by atoms with Crippen LogP contribution in [0.5, 0.6) is 0 Å². The number of hydrogen-bond donors (Lipinski definition) is 2. The number of amides is 2. The molecule has 10 heteroatoms. The molecule has 3 fully saturated rings. The van der Waals surface area contributed by atoms with E-state index in [2.05, 4.69) is 27.6 Å². The van der Waals surface area contributed by atoms with E-state index >= 15 is 4.39 Å². The molecule has 0 spiro atoms. The number of halogens is 3. The van der Waals surface area contributed by atoms with Gasteiger partial charge in [0.15, 0.2) is 0 Å². The van der Waals surface area contributed by atoms with Crippen molar-refractivity contribution in [3.8, 4) is 0 Å². The molecule has 7 nitrogen and oxygen atoms in total. The fourth-order valence-corrected chi connectivity index (χ4v) is 5.94. The van der Waals surface area contributed by atoms with Gasteiger partial charge in [-0.3, -0.25) is 19.6 Å². The Hall–Kier alpha value is -1.74. The molecule has 3 aliphatic heterocycles. The van der Waals surface area contributed by atoms with E-state index in [9.17, 15) is 9.59 Å². The fraction of sp³-hybridized carbons (Fsp3) is 0.640. The van der Waals surface area contributed by atoms with Gasteiger partial charge in [0, 0.05) is 25.4 Å². The number of rotatable bonds is 4. The first-order valence-electron chi connectivity index (χ1n) is 12.3. The summed E-state index contributed by atoms with van der Waals surface area (Å²) in [6.45, 7) is 7.72. The van der Waals surface area contributed by atoms with Crippen LogP contribution in [0.4, 0.5) is 4.39 Å². The normalized spacial score (nSPS) is 26.2. The summed E-state index contributed by atoms with van der Waals surface area (Å²) in [7, 11) is 1.84. The average molecular weight is 529 g/mol. The zero-order valence-corrected chi connectivity index (χ0v) is 22.0. The molecular weight excluding hydrogens is 492 g/mol. The van der Waals surface area contributed by atoms with Gasteiger partial charge < -0.3 is 10.2 Å². The second-order valence-electron chi connectivity index (χ2n) is 10.2. The molecule has 0 saturated carbocycles. The van der Waals surface area contributed by atoms with Gasteiger partial charge in [-0.25, -0.2) is 4.39 Å². The molecule has 1 aromatic carbocycles. The highest BCUT2D eigenvalue weighted by Crippen LogP contribution is 2.36. The van der Waals surface area contributed by atoms with Crippen molar-refractivity contribution in [1.82, 2.24) is 25.3 Å². The van der Waals surface area contributed by atoms with Crippen LogP contribution >= 0.6 is 24.8 Å². The Labute approximate surface area is 218 Å². The minimum Gasteiger partial charge on any atom is -0.316 e. The maximum Gasteiger partial charge on any atom is 0.235 e. The van der Waals surface area contributed by atoms with E-state index in [1.54, 1.807) is 10.7 Å². The molecule has 0 radical (unpaired) electrons. The van der Waals surface area contributed by atoms with Crippen LogP contribution in [0.25, 0.3) is 10.9 Å². The first kappa shape index (κ1) is 27.8. The summed E-state index contributed by atoms with van der Waals surface area (Å²) in [5.74, 6) is 0.324. The number of carbonyl (C=O) groups is 2. The highest BCUT2D eigenvalue weighted by molar-refractivity contribution is 6.02. The van der Waals surface area contributed by atoms with Gasteiger partial charge in [0.1, 0.15) is 5.82 Å². The predicted octanol–water partition coefficient (Wildman–Crippen LogP) is 3.50. The van der Waals surface area contributed by atoms with E-state index < -0.39 is 5.92 Å². The molecule has 1 aromatic heterocycles. The van der Waals surface area contributed by atoms with E-state index in [-0.39, 0.29) is 54.8 Å². The van der Waals surface area contributed by atoms with Gasteiger partial charge in [0.05, 0.1) is 17.1 Å². The number of benzene rings is 1. The van der Waals surface area contributed by atoms with Crippen molar-refractivity contribution < 1.29 is 14.0 Å². The molecule has 35 heavy (non-hydrogen) atoms. The lowest BCUT2D eigenvalue weighted by Gasteiger charge is -2.38. The van der Waals surface area contributed by atoms with Gasteiger partial charge >= 0.3 is 0 Å². The Kier molecular flexibility index (Phi) is 9.18. The SMILES string of the molecule is C[C@H]1CNCC[C@H]1CN1CCC(c2cc3c(cc2F)c(C2CCC(=O)NC2=O)nn3C)CC1.Cl.Cl. The van der Waals surface area contributed by atoms with Crippen molar-refractivity contribution in [2.24, 2.45) is 18.9 Å². The third-order valence-corrected chi connectivity index (χ3v) is 8.05. The summed E-state index contributed by atoms with van der Waals surface area (Å²) < 4.78 is 17.1. The third-order valence-electron chi connectivity index (χ3n) is 8.05. The Bertz CT molecular complexity index is 1070. The number of likely N-dealkylation sites (tertiary alicyclic amines) is 1. The molecule has 1 unspecified atom stereocenters.